The number of ether oxygens (including phenoxy) is 1. The zero-order valence-electron chi connectivity index (χ0n) is 11.9. The van der Waals surface area contributed by atoms with E-state index in [2.05, 4.69) is 16.6 Å². The summed E-state index contributed by atoms with van der Waals surface area (Å²) in [5.74, 6) is -0.161. The van der Waals surface area contributed by atoms with Gasteiger partial charge in [-0.2, -0.15) is 0 Å². The van der Waals surface area contributed by atoms with Crippen LogP contribution in [0.2, 0.25) is 0 Å². The van der Waals surface area contributed by atoms with Crippen LogP contribution in [0.15, 0.2) is 24.4 Å². The topological polar surface area (TPSA) is 25.0 Å². The first-order valence-electron chi connectivity index (χ1n) is 7.25. The van der Waals surface area contributed by atoms with Gasteiger partial charge >= 0.3 is 6.36 Å². The zero-order chi connectivity index (χ0) is 15.1. The van der Waals surface area contributed by atoms with Crippen LogP contribution in [0.3, 0.4) is 0 Å². The van der Waals surface area contributed by atoms with Gasteiger partial charge in [-0.3, -0.25) is 0 Å². The lowest BCUT2D eigenvalue weighted by atomic mass is 9.71. The van der Waals surface area contributed by atoms with Gasteiger partial charge in [0.1, 0.15) is 0 Å². The second-order valence-corrected chi connectivity index (χ2v) is 6.05. The molecule has 1 N–H and O–H groups in total. The number of halogens is 3. The fourth-order valence-corrected chi connectivity index (χ4v) is 3.44. The molecule has 5 heteroatoms. The van der Waals surface area contributed by atoms with Crippen molar-refractivity contribution in [1.82, 2.24) is 4.98 Å². The van der Waals surface area contributed by atoms with Gasteiger partial charge in [-0.05, 0) is 29.9 Å². The van der Waals surface area contributed by atoms with Gasteiger partial charge in [0.15, 0.2) is 5.75 Å². The minimum atomic E-state index is -4.67. The molecule has 0 aliphatic heterocycles. The Labute approximate surface area is 121 Å². The quantitative estimate of drug-likeness (QED) is 0.800. The molecule has 1 aliphatic carbocycles. The second kappa shape index (κ2) is 4.97. The maximum atomic E-state index is 12.5. The first kappa shape index (κ1) is 14.3. The van der Waals surface area contributed by atoms with E-state index in [0.29, 0.717) is 5.52 Å². The number of hydrogen-bond donors (Lipinski definition) is 1. The van der Waals surface area contributed by atoms with Crippen LogP contribution in [0.5, 0.6) is 5.75 Å². The monoisotopic (exact) mass is 297 g/mol. The lowest BCUT2D eigenvalue weighted by molar-refractivity contribution is -0.274. The van der Waals surface area contributed by atoms with E-state index in [4.69, 9.17) is 0 Å². The van der Waals surface area contributed by atoms with Gasteiger partial charge in [0.05, 0.1) is 5.52 Å². The van der Waals surface area contributed by atoms with Crippen LogP contribution in [0.4, 0.5) is 13.2 Å². The Balaban J connectivity index is 2.05. The lowest BCUT2D eigenvalue weighted by Gasteiger charge is -2.33. The van der Waals surface area contributed by atoms with Crippen molar-refractivity contribution in [2.24, 2.45) is 0 Å². The van der Waals surface area contributed by atoms with Gasteiger partial charge in [-0.25, -0.2) is 0 Å². The molecule has 1 aliphatic rings. The van der Waals surface area contributed by atoms with Gasteiger partial charge in [0.2, 0.25) is 0 Å². The molecule has 1 aromatic carbocycles. The van der Waals surface area contributed by atoms with Crippen molar-refractivity contribution in [2.45, 2.75) is 50.8 Å². The third-order valence-electron chi connectivity index (χ3n) is 4.51. The fourth-order valence-electron chi connectivity index (χ4n) is 3.44. The molecule has 1 heterocycles. The number of aromatic amines is 1. The van der Waals surface area contributed by atoms with Crippen molar-refractivity contribution in [2.75, 3.05) is 0 Å². The van der Waals surface area contributed by atoms with Gasteiger partial charge < -0.3 is 9.72 Å². The molecule has 21 heavy (non-hydrogen) atoms. The van der Waals surface area contributed by atoms with E-state index in [-0.39, 0.29) is 11.2 Å². The van der Waals surface area contributed by atoms with Crippen molar-refractivity contribution < 1.29 is 17.9 Å². The van der Waals surface area contributed by atoms with Crippen LogP contribution < -0.4 is 4.74 Å². The summed E-state index contributed by atoms with van der Waals surface area (Å²) in [7, 11) is 0. The van der Waals surface area contributed by atoms with Crippen LogP contribution >= 0.6 is 0 Å². The highest BCUT2D eigenvalue weighted by atomic mass is 19.4. The summed E-state index contributed by atoms with van der Waals surface area (Å²) in [6, 6.07) is 4.83. The molecule has 0 saturated heterocycles. The second-order valence-electron chi connectivity index (χ2n) is 6.05. The SMILES string of the molecule is CC1(c2c[nH]c3c(OC(F)(F)F)cccc23)CCCCC1. The maximum absolute atomic E-state index is 12.5. The highest BCUT2D eigenvalue weighted by Crippen LogP contribution is 2.43. The number of benzene rings is 1. The van der Waals surface area contributed by atoms with E-state index in [1.54, 1.807) is 6.07 Å². The molecule has 1 saturated carbocycles. The largest absolute Gasteiger partial charge is 0.573 e. The maximum Gasteiger partial charge on any atom is 0.573 e. The first-order valence-corrected chi connectivity index (χ1v) is 7.25. The molecule has 0 spiro atoms. The number of para-hydroxylation sites is 1. The summed E-state index contributed by atoms with van der Waals surface area (Å²) in [5, 5.41) is 0.834. The Morgan fingerprint density at radius 1 is 1.14 bits per heavy atom. The Hall–Kier alpha value is -1.65. The zero-order valence-corrected chi connectivity index (χ0v) is 11.9. The number of H-pyrrole nitrogens is 1. The number of aromatic nitrogens is 1. The average molecular weight is 297 g/mol. The third kappa shape index (κ3) is 2.74. The molecule has 3 rings (SSSR count). The number of hydrogen-bond acceptors (Lipinski definition) is 1. The molecule has 0 bridgehead atoms. The van der Waals surface area contributed by atoms with E-state index < -0.39 is 6.36 Å². The van der Waals surface area contributed by atoms with Crippen LogP contribution in [-0.2, 0) is 5.41 Å². The minimum absolute atomic E-state index is 0.0351. The number of nitrogens with one attached hydrogen (secondary N) is 1. The van der Waals surface area contributed by atoms with Crippen LogP contribution in [0.1, 0.15) is 44.6 Å². The van der Waals surface area contributed by atoms with E-state index >= 15 is 0 Å². The van der Waals surface area contributed by atoms with Gasteiger partial charge in [-0.15, -0.1) is 13.2 Å². The van der Waals surface area contributed by atoms with Crippen molar-refractivity contribution in [3.63, 3.8) is 0 Å². The van der Waals surface area contributed by atoms with E-state index in [1.807, 2.05) is 12.3 Å². The number of rotatable bonds is 2. The Morgan fingerprint density at radius 2 is 1.86 bits per heavy atom. The van der Waals surface area contributed by atoms with E-state index in [1.165, 1.54) is 25.3 Å². The van der Waals surface area contributed by atoms with Crippen molar-refractivity contribution in [3.8, 4) is 5.75 Å². The third-order valence-corrected chi connectivity index (χ3v) is 4.51. The summed E-state index contributed by atoms with van der Waals surface area (Å²) in [4.78, 5) is 2.98. The number of fused-ring (bicyclic) bond motifs is 1. The van der Waals surface area contributed by atoms with E-state index in [0.717, 1.165) is 23.8 Å². The predicted octanol–water partition coefficient (Wildman–Crippen LogP) is 5.29. The Bertz CT molecular complexity index is 638. The summed E-state index contributed by atoms with van der Waals surface area (Å²) >= 11 is 0. The van der Waals surface area contributed by atoms with E-state index in [9.17, 15) is 13.2 Å². The van der Waals surface area contributed by atoms with Gasteiger partial charge in [-0.1, -0.05) is 38.3 Å². The molecule has 2 aromatic rings. The summed E-state index contributed by atoms with van der Waals surface area (Å²) in [6.45, 7) is 2.20. The van der Waals surface area contributed by atoms with Crippen LogP contribution in [0.25, 0.3) is 10.9 Å². The van der Waals surface area contributed by atoms with Crippen LogP contribution in [-0.4, -0.2) is 11.3 Å². The fraction of sp³-hybridized carbons (Fsp3) is 0.500. The summed E-state index contributed by atoms with van der Waals surface area (Å²) in [5.41, 5.74) is 1.56. The molecule has 0 radical (unpaired) electrons. The Kier molecular flexibility index (Phi) is 3.38. The highest BCUT2D eigenvalue weighted by molar-refractivity contribution is 5.89. The first-order chi connectivity index (χ1) is 9.89. The molecule has 0 atom stereocenters. The highest BCUT2D eigenvalue weighted by Gasteiger charge is 2.34. The molecular weight excluding hydrogens is 279 g/mol. The van der Waals surface area contributed by atoms with Crippen molar-refractivity contribution in [1.29, 1.82) is 0 Å². The predicted molar refractivity (Wildman–Crippen MR) is 75.4 cm³/mol. The lowest BCUT2D eigenvalue weighted by Crippen LogP contribution is -2.24. The number of alkyl halides is 3. The molecule has 1 fully saturated rings. The average Bonchev–Trinajstić information content (AvgIpc) is 2.83. The van der Waals surface area contributed by atoms with Gasteiger partial charge in [0, 0.05) is 11.6 Å². The molecular formula is C16H18F3NO. The minimum Gasteiger partial charge on any atom is -0.404 e. The standard InChI is InChI=1S/C16H18F3NO/c1-15(8-3-2-4-9-15)12-10-20-14-11(12)6-5-7-13(14)21-16(17,18)19/h5-7,10,20H,2-4,8-9H2,1H3. The normalized spacial score (nSPS) is 18.9. The molecule has 0 unspecified atom stereocenters. The molecule has 2 nitrogen and oxygen atoms in total. The molecule has 114 valence electrons. The van der Waals surface area contributed by atoms with Crippen molar-refractivity contribution >= 4 is 10.9 Å². The smallest absolute Gasteiger partial charge is 0.404 e. The van der Waals surface area contributed by atoms with Gasteiger partial charge in [0.25, 0.3) is 0 Å². The Morgan fingerprint density at radius 3 is 2.52 bits per heavy atom. The van der Waals surface area contributed by atoms with Crippen LogP contribution in [0, 0.1) is 0 Å². The summed E-state index contributed by atoms with van der Waals surface area (Å²) in [6.07, 6.45) is 2.90. The molecule has 1 aromatic heterocycles. The molecule has 0 amide bonds. The summed E-state index contributed by atoms with van der Waals surface area (Å²) < 4.78 is 41.5. The van der Waals surface area contributed by atoms with Crippen molar-refractivity contribution in [3.05, 3.63) is 30.0 Å².